The van der Waals surface area contributed by atoms with Crippen molar-refractivity contribution in [3.05, 3.63) is 11.9 Å². The molecule has 3 nitrogen and oxygen atoms in total. The monoisotopic (exact) mass is 223 g/mol. The van der Waals surface area contributed by atoms with Crippen molar-refractivity contribution in [1.29, 1.82) is 0 Å². The summed E-state index contributed by atoms with van der Waals surface area (Å²) in [5.74, 6) is 0.379. The predicted molar refractivity (Wildman–Crippen MR) is 70.5 cm³/mol. The fourth-order valence-corrected chi connectivity index (χ4v) is 1.91. The Kier molecular flexibility index (Phi) is 5.53. The highest BCUT2D eigenvalue weighted by molar-refractivity contribution is 5.65. The van der Waals surface area contributed by atoms with Crippen molar-refractivity contribution in [2.75, 3.05) is 13.1 Å². The van der Waals surface area contributed by atoms with Gasteiger partial charge in [0.2, 0.25) is 0 Å². The van der Waals surface area contributed by atoms with Crippen LogP contribution in [0.2, 0.25) is 0 Å². The Balaban J connectivity index is 2.49. The molecule has 0 aromatic rings. The molecule has 0 aliphatic carbocycles. The van der Waals surface area contributed by atoms with E-state index in [1.165, 1.54) is 25.9 Å². The van der Waals surface area contributed by atoms with Gasteiger partial charge in [-0.15, -0.1) is 0 Å². The molecule has 1 aliphatic rings. The lowest BCUT2D eigenvalue weighted by molar-refractivity contribution is 0.297. The van der Waals surface area contributed by atoms with Gasteiger partial charge in [-0.3, -0.25) is 9.89 Å². The number of rotatable bonds is 5. The summed E-state index contributed by atoms with van der Waals surface area (Å²) in [6, 6.07) is 0.485. The van der Waals surface area contributed by atoms with Crippen LogP contribution in [0.1, 0.15) is 40.0 Å². The molecule has 0 saturated carbocycles. The zero-order chi connectivity index (χ0) is 12.0. The summed E-state index contributed by atoms with van der Waals surface area (Å²) >= 11 is 0. The minimum Gasteiger partial charge on any atom is -0.401 e. The molecule has 1 rings (SSSR count). The number of hydrogen-bond donors (Lipinski definition) is 1. The first kappa shape index (κ1) is 13.2. The highest BCUT2D eigenvalue weighted by atomic mass is 15.2. The predicted octanol–water partition coefficient (Wildman–Crippen LogP) is 2.39. The Labute approximate surface area is 99.4 Å². The summed E-state index contributed by atoms with van der Waals surface area (Å²) in [5.41, 5.74) is 6.69. The van der Waals surface area contributed by atoms with E-state index in [1.54, 1.807) is 6.20 Å². The van der Waals surface area contributed by atoms with E-state index >= 15 is 0 Å². The standard InChI is InChI=1S/C13H25N3/c1-4-12(16-7-5-6-8-16)9-15-10-13(14)11(2)3/h9-12H,4-8,14H2,1-3H3/b13-10-,15-9?. The van der Waals surface area contributed by atoms with E-state index in [4.69, 9.17) is 5.73 Å². The van der Waals surface area contributed by atoms with Crippen LogP contribution >= 0.6 is 0 Å². The third-order valence-corrected chi connectivity index (χ3v) is 3.18. The molecule has 1 saturated heterocycles. The minimum absolute atomic E-state index is 0.379. The fraction of sp³-hybridized carbons (Fsp3) is 0.769. The Morgan fingerprint density at radius 2 is 2.00 bits per heavy atom. The third-order valence-electron chi connectivity index (χ3n) is 3.18. The zero-order valence-corrected chi connectivity index (χ0v) is 10.8. The lowest BCUT2D eigenvalue weighted by atomic mass is 10.2. The van der Waals surface area contributed by atoms with Gasteiger partial charge in [-0.25, -0.2) is 0 Å². The normalized spacial score (nSPS) is 21.1. The van der Waals surface area contributed by atoms with E-state index in [0.717, 1.165) is 12.1 Å². The zero-order valence-electron chi connectivity index (χ0n) is 10.8. The second kappa shape index (κ2) is 6.69. The molecule has 0 bridgehead atoms. The largest absolute Gasteiger partial charge is 0.401 e. The van der Waals surface area contributed by atoms with Crippen LogP contribution in [-0.4, -0.2) is 30.2 Å². The minimum atomic E-state index is 0.379. The highest BCUT2D eigenvalue weighted by Gasteiger charge is 2.18. The van der Waals surface area contributed by atoms with Gasteiger partial charge in [0.05, 0.1) is 0 Å². The maximum Gasteiger partial charge on any atom is 0.0454 e. The quantitative estimate of drug-likeness (QED) is 0.727. The van der Waals surface area contributed by atoms with E-state index in [1.807, 2.05) is 6.21 Å². The molecule has 1 unspecified atom stereocenters. The molecule has 0 aromatic heterocycles. The van der Waals surface area contributed by atoms with E-state index in [2.05, 4.69) is 30.7 Å². The molecular weight excluding hydrogens is 198 g/mol. The van der Waals surface area contributed by atoms with Crippen LogP contribution in [-0.2, 0) is 0 Å². The van der Waals surface area contributed by atoms with Gasteiger partial charge in [-0.05, 0) is 38.3 Å². The van der Waals surface area contributed by atoms with Crippen molar-refractivity contribution in [3.63, 3.8) is 0 Å². The molecule has 1 aliphatic heterocycles. The smallest absolute Gasteiger partial charge is 0.0454 e. The van der Waals surface area contributed by atoms with Gasteiger partial charge < -0.3 is 5.73 Å². The van der Waals surface area contributed by atoms with Crippen LogP contribution in [0.15, 0.2) is 16.9 Å². The van der Waals surface area contributed by atoms with Crippen molar-refractivity contribution in [1.82, 2.24) is 4.90 Å². The lowest BCUT2D eigenvalue weighted by Gasteiger charge is -2.22. The molecular formula is C13H25N3. The molecule has 16 heavy (non-hydrogen) atoms. The van der Waals surface area contributed by atoms with Gasteiger partial charge in [0.25, 0.3) is 0 Å². The van der Waals surface area contributed by atoms with Gasteiger partial charge in [-0.1, -0.05) is 20.8 Å². The SMILES string of the molecule is CCC(C=N/C=C(\N)C(C)C)N1CCCC1. The summed E-state index contributed by atoms with van der Waals surface area (Å²) in [5, 5.41) is 0. The van der Waals surface area contributed by atoms with Crippen LogP contribution in [0.5, 0.6) is 0 Å². The molecule has 0 aromatic carbocycles. The van der Waals surface area contributed by atoms with Crippen LogP contribution < -0.4 is 5.73 Å². The Bertz CT molecular complexity index is 250. The highest BCUT2D eigenvalue weighted by Crippen LogP contribution is 2.12. The van der Waals surface area contributed by atoms with E-state index in [-0.39, 0.29) is 0 Å². The second-order valence-corrected chi connectivity index (χ2v) is 4.80. The molecule has 3 heteroatoms. The summed E-state index contributed by atoms with van der Waals surface area (Å²) in [4.78, 5) is 6.86. The maximum atomic E-state index is 5.83. The van der Waals surface area contributed by atoms with Crippen molar-refractivity contribution in [2.24, 2.45) is 16.6 Å². The van der Waals surface area contributed by atoms with E-state index in [9.17, 15) is 0 Å². The molecule has 1 heterocycles. The van der Waals surface area contributed by atoms with Gasteiger partial charge >= 0.3 is 0 Å². The molecule has 2 N–H and O–H groups in total. The first-order chi connectivity index (χ1) is 7.65. The second-order valence-electron chi connectivity index (χ2n) is 4.80. The number of aliphatic imine (C=N–C) groups is 1. The van der Waals surface area contributed by atoms with Gasteiger partial charge in [0.15, 0.2) is 0 Å². The van der Waals surface area contributed by atoms with E-state index in [0.29, 0.717) is 12.0 Å². The molecule has 92 valence electrons. The number of likely N-dealkylation sites (tertiary alicyclic amines) is 1. The first-order valence-corrected chi connectivity index (χ1v) is 6.38. The van der Waals surface area contributed by atoms with Crippen LogP contribution in [0.3, 0.4) is 0 Å². The van der Waals surface area contributed by atoms with Crippen LogP contribution in [0.4, 0.5) is 0 Å². The van der Waals surface area contributed by atoms with E-state index < -0.39 is 0 Å². The number of nitrogens with zero attached hydrogens (tertiary/aromatic N) is 2. The lowest BCUT2D eigenvalue weighted by Crippen LogP contribution is -2.33. The Morgan fingerprint density at radius 3 is 2.50 bits per heavy atom. The molecule has 0 amide bonds. The third kappa shape index (κ3) is 3.97. The van der Waals surface area contributed by atoms with Crippen LogP contribution in [0, 0.1) is 5.92 Å². The number of hydrogen-bond acceptors (Lipinski definition) is 3. The van der Waals surface area contributed by atoms with Gasteiger partial charge in [-0.2, -0.15) is 0 Å². The molecule has 0 spiro atoms. The van der Waals surface area contributed by atoms with Crippen molar-refractivity contribution < 1.29 is 0 Å². The van der Waals surface area contributed by atoms with Crippen molar-refractivity contribution in [3.8, 4) is 0 Å². The molecule has 1 atom stereocenters. The Hall–Kier alpha value is -0.830. The fourth-order valence-electron chi connectivity index (χ4n) is 1.91. The number of allylic oxidation sites excluding steroid dienone is 1. The average Bonchev–Trinajstić information content (AvgIpc) is 2.77. The maximum absolute atomic E-state index is 5.83. The van der Waals surface area contributed by atoms with Crippen molar-refractivity contribution >= 4 is 6.21 Å². The molecule has 1 fully saturated rings. The molecule has 0 radical (unpaired) electrons. The van der Waals surface area contributed by atoms with Gasteiger partial charge in [0.1, 0.15) is 0 Å². The first-order valence-electron chi connectivity index (χ1n) is 6.38. The van der Waals surface area contributed by atoms with Crippen LogP contribution in [0.25, 0.3) is 0 Å². The summed E-state index contributed by atoms with van der Waals surface area (Å²) in [7, 11) is 0. The number of nitrogens with two attached hydrogens (primary N) is 1. The van der Waals surface area contributed by atoms with Crippen molar-refractivity contribution in [2.45, 2.75) is 46.1 Å². The van der Waals surface area contributed by atoms with Gasteiger partial charge in [0, 0.05) is 24.2 Å². The Morgan fingerprint density at radius 1 is 1.38 bits per heavy atom. The summed E-state index contributed by atoms with van der Waals surface area (Å²) < 4.78 is 0. The average molecular weight is 223 g/mol. The topological polar surface area (TPSA) is 41.6 Å². The summed E-state index contributed by atoms with van der Waals surface area (Å²) in [6.45, 7) is 8.81. The summed E-state index contributed by atoms with van der Waals surface area (Å²) in [6.07, 6.45) is 7.62.